The van der Waals surface area contributed by atoms with Gasteiger partial charge in [-0.05, 0) is 61.5 Å². The summed E-state index contributed by atoms with van der Waals surface area (Å²) in [5, 5.41) is 5.24. The van der Waals surface area contributed by atoms with Crippen molar-refractivity contribution >= 4 is 23.2 Å². The van der Waals surface area contributed by atoms with Gasteiger partial charge >= 0.3 is 0 Å². The van der Waals surface area contributed by atoms with Gasteiger partial charge in [-0.3, -0.25) is 14.5 Å². The molecule has 1 aromatic heterocycles. The number of carbonyl (C=O) groups is 2. The Morgan fingerprint density at radius 3 is 2.67 bits per heavy atom. The number of carbonyl (C=O) groups excluding carboxylic acids is 2. The molecule has 0 unspecified atom stereocenters. The summed E-state index contributed by atoms with van der Waals surface area (Å²) < 4.78 is 10.7. The third-order valence-corrected chi connectivity index (χ3v) is 7.60. The van der Waals surface area contributed by atoms with Gasteiger partial charge in [0.15, 0.2) is 11.5 Å². The van der Waals surface area contributed by atoms with Gasteiger partial charge in [0.05, 0.1) is 26.2 Å². The molecule has 178 valence electrons. The van der Waals surface area contributed by atoms with Crippen LogP contribution in [0, 0.1) is 5.92 Å². The SMILES string of the molecule is COc1ccc(CCN2C[C@@H](C(=O)NC[C@H](c3cccs3)N3CCCC3)CC2=O)cc1OC. The Morgan fingerprint density at radius 1 is 1.18 bits per heavy atom. The minimum atomic E-state index is -0.287. The van der Waals surface area contributed by atoms with E-state index < -0.39 is 0 Å². The lowest BCUT2D eigenvalue weighted by molar-refractivity contribution is -0.129. The first-order chi connectivity index (χ1) is 16.1. The maximum absolute atomic E-state index is 12.9. The van der Waals surface area contributed by atoms with Crippen molar-refractivity contribution in [2.75, 3.05) is 46.9 Å². The molecule has 2 saturated heterocycles. The van der Waals surface area contributed by atoms with Crippen molar-refractivity contribution in [1.29, 1.82) is 0 Å². The van der Waals surface area contributed by atoms with Gasteiger partial charge < -0.3 is 19.7 Å². The van der Waals surface area contributed by atoms with Crippen LogP contribution in [0.15, 0.2) is 35.7 Å². The van der Waals surface area contributed by atoms with Gasteiger partial charge in [0.2, 0.25) is 11.8 Å². The van der Waals surface area contributed by atoms with Crippen LogP contribution in [0.1, 0.15) is 35.7 Å². The molecule has 0 saturated carbocycles. The second-order valence-electron chi connectivity index (χ2n) is 8.70. The van der Waals surface area contributed by atoms with E-state index in [0.717, 1.165) is 18.7 Å². The maximum Gasteiger partial charge on any atom is 0.225 e. The molecule has 0 spiro atoms. The van der Waals surface area contributed by atoms with Crippen LogP contribution in [0.5, 0.6) is 11.5 Å². The Morgan fingerprint density at radius 2 is 1.97 bits per heavy atom. The van der Waals surface area contributed by atoms with Crippen LogP contribution in [0.2, 0.25) is 0 Å². The first-order valence-electron chi connectivity index (χ1n) is 11.6. The molecule has 2 aromatic rings. The quantitative estimate of drug-likeness (QED) is 0.577. The van der Waals surface area contributed by atoms with Crippen molar-refractivity contribution in [3.05, 3.63) is 46.2 Å². The Labute approximate surface area is 199 Å². The number of benzene rings is 1. The first kappa shape index (κ1) is 23.6. The number of methoxy groups -OCH3 is 2. The zero-order valence-electron chi connectivity index (χ0n) is 19.4. The van der Waals surface area contributed by atoms with E-state index in [-0.39, 0.29) is 30.2 Å². The highest BCUT2D eigenvalue weighted by molar-refractivity contribution is 7.10. The maximum atomic E-state index is 12.9. The number of ether oxygens (including phenoxy) is 2. The second kappa shape index (κ2) is 11.0. The van der Waals surface area contributed by atoms with Gasteiger partial charge in [0.1, 0.15) is 0 Å². The number of nitrogens with zero attached hydrogens (tertiary/aromatic N) is 2. The largest absolute Gasteiger partial charge is 0.493 e. The summed E-state index contributed by atoms with van der Waals surface area (Å²) in [4.78, 5) is 31.0. The number of rotatable bonds is 10. The Bertz CT molecular complexity index is 943. The molecule has 0 bridgehead atoms. The molecule has 2 amide bonds. The van der Waals surface area contributed by atoms with E-state index in [1.54, 1.807) is 30.5 Å². The van der Waals surface area contributed by atoms with Crippen LogP contribution >= 0.6 is 11.3 Å². The highest BCUT2D eigenvalue weighted by Crippen LogP contribution is 2.29. The Balaban J connectivity index is 1.29. The number of likely N-dealkylation sites (tertiary alicyclic amines) is 2. The Hall–Kier alpha value is -2.58. The van der Waals surface area contributed by atoms with Crippen LogP contribution < -0.4 is 14.8 Å². The van der Waals surface area contributed by atoms with Crippen molar-refractivity contribution in [1.82, 2.24) is 15.1 Å². The molecular weight excluding hydrogens is 438 g/mol. The van der Waals surface area contributed by atoms with Crippen LogP contribution in [0.3, 0.4) is 0 Å². The molecule has 8 heteroatoms. The molecule has 2 aliphatic rings. The van der Waals surface area contributed by atoms with Gasteiger partial charge in [-0.25, -0.2) is 0 Å². The average Bonchev–Trinajstić information content (AvgIpc) is 3.61. The summed E-state index contributed by atoms with van der Waals surface area (Å²) in [5.74, 6) is 1.11. The van der Waals surface area contributed by atoms with E-state index >= 15 is 0 Å². The normalized spacial score (nSPS) is 19.6. The summed E-state index contributed by atoms with van der Waals surface area (Å²) in [6, 6.07) is 10.2. The fourth-order valence-electron chi connectivity index (χ4n) is 4.75. The fourth-order valence-corrected chi connectivity index (χ4v) is 5.61. The zero-order valence-corrected chi connectivity index (χ0v) is 20.2. The molecular formula is C25H33N3O4S. The minimum Gasteiger partial charge on any atom is -0.493 e. The fraction of sp³-hybridized carbons (Fsp3) is 0.520. The smallest absolute Gasteiger partial charge is 0.225 e. The van der Waals surface area contributed by atoms with Crippen LogP contribution in [-0.2, 0) is 16.0 Å². The predicted octanol–water partition coefficient (Wildman–Crippen LogP) is 3.11. The van der Waals surface area contributed by atoms with E-state index in [9.17, 15) is 9.59 Å². The molecule has 0 aliphatic carbocycles. The van der Waals surface area contributed by atoms with Gasteiger partial charge in [-0.15, -0.1) is 11.3 Å². The lowest BCUT2D eigenvalue weighted by Crippen LogP contribution is -2.39. The topological polar surface area (TPSA) is 71.1 Å². The molecule has 3 heterocycles. The molecule has 1 N–H and O–H groups in total. The molecule has 2 fully saturated rings. The third kappa shape index (κ3) is 5.68. The summed E-state index contributed by atoms with van der Waals surface area (Å²) in [6.45, 7) is 3.80. The summed E-state index contributed by atoms with van der Waals surface area (Å²) >= 11 is 1.74. The molecule has 4 rings (SSSR count). The molecule has 2 atom stereocenters. The molecule has 0 radical (unpaired) electrons. The molecule has 7 nitrogen and oxygen atoms in total. The number of nitrogens with one attached hydrogen (secondary N) is 1. The van der Waals surface area contributed by atoms with E-state index in [0.29, 0.717) is 37.6 Å². The minimum absolute atomic E-state index is 0.0160. The number of hydrogen-bond donors (Lipinski definition) is 1. The number of hydrogen-bond acceptors (Lipinski definition) is 6. The van der Waals surface area contributed by atoms with Crippen LogP contribution in [-0.4, -0.2) is 68.6 Å². The Kier molecular flexibility index (Phi) is 7.88. The molecule has 2 aliphatic heterocycles. The van der Waals surface area contributed by atoms with E-state index in [1.807, 2.05) is 18.2 Å². The summed E-state index contributed by atoms with van der Waals surface area (Å²) in [7, 11) is 3.22. The van der Waals surface area contributed by atoms with Crippen LogP contribution in [0.25, 0.3) is 0 Å². The van der Waals surface area contributed by atoms with Crippen LogP contribution in [0.4, 0.5) is 0 Å². The average molecular weight is 472 g/mol. The molecule has 1 aromatic carbocycles. The zero-order chi connectivity index (χ0) is 23.2. The van der Waals surface area contributed by atoms with Gasteiger partial charge in [-0.2, -0.15) is 0 Å². The van der Waals surface area contributed by atoms with Gasteiger partial charge in [-0.1, -0.05) is 12.1 Å². The van der Waals surface area contributed by atoms with E-state index in [2.05, 4.69) is 27.7 Å². The van der Waals surface area contributed by atoms with E-state index in [1.165, 1.54) is 17.7 Å². The van der Waals surface area contributed by atoms with Crippen molar-refractivity contribution in [2.45, 2.75) is 31.7 Å². The monoisotopic (exact) mass is 471 g/mol. The third-order valence-electron chi connectivity index (χ3n) is 6.63. The first-order valence-corrected chi connectivity index (χ1v) is 12.5. The lowest BCUT2D eigenvalue weighted by atomic mass is 10.1. The molecule has 33 heavy (non-hydrogen) atoms. The highest BCUT2D eigenvalue weighted by atomic mass is 32.1. The van der Waals surface area contributed by atoms with Gasteiger partial charge in [0.25, 0.3) is 0 Å². The van der Waals surface area contributed by atoms with Crippen molar-refractivity contribution in [3.8, 4) is 11.5 Å². The number of thiophene rings is 1. The van der Waals surface area contributed by atoms with Crippen molar-refractivity contribution in [2.24, 2.45) is 5.92 Å². The van der Waals surface area contributed by atoms with E-state index in [4.69, 9.17) is 9.47 Å². The predicted molar refractivity (Wildman–Crippen MR) is 129 cm³/mol. The highest BCUT2D eigenvalue weighted by Gasteiger charge is 2.34. The van der Waals surface area contributed by atoms with Crippen molar-refractivity contribution < 1.29 is 19.1 Å². The van der Waals surface area contributed by atoms with Crippen molar-refractivity contribution in [3.63, 3.8) is 0 Å². The lowest BCUT2D eigenvalue weighted by Gasteiger charge is -2.27. The second-order valence-corrected chi connectivity index (χ2v) is 9.68. The summed E-state index contributed by atoms with van der Waals surface area (Å²) in [6.07, 6.45) is 3.41. The standard InChI is InChI=1S/C25H33N3O4S/c1-31-21-8-7-18(14-22(21)32-2)9-12-28-17-19(15-24(28)29)25(30)26-16-20(23-6-5-13-33-23)27-10-3-4-11-27/h5-8,13-14,19-20H,3-4,9-12,15-17H2,1-2H3,(H,26,30)/t19-,20+/m0/s1. The van der Waals surface area contributed by atoms with Gasteiger partial charge in [0, 0.05) is 30.9 Å². The summed E-state index contributed by atoms with van der Waals surface area (Å²) in [5.41, 5.74) is 1.07. The number of amides is 2.